The lowest BCUT2D eigenvalue weighted by atomic mass is 9.87. The average molecular weight is 352 g/mol. The van der Waals surface area contributed by atoms with Crippen molar-refractivity contribution in [1.82, 2.24) is 5.32 Å². The summed E-state index contributed by atoms with van der Waals surface area (Å²) in [6, 6.07) is 9.10. The molecule has 1 N–H and O–H groups in total. The maximum Gasteiger partial charge on any atom is 0.119 e. The Morgan fingerprint density at radius 2 is 2.30 bits per heavy atom. The third-order valence-electron chi connectivity index (χ3n) is 3.81. The SMILES string of the molecule is COc1ccc2c(c1)C(NCc1cc(Br)cs1)CCC2. The van der Waals surface area contributed by atoms with E-state index in [1.807, 2.05) is 0 Å². The smallest absolute Gasteiger partial charge is 0.119 e. The Labute approximate surface area is 132 Å². The van der Waals surface area contributed by atoms with Crippen LogP contribution >= 0.6 is 27.3 Å². The molecule has 0 aliphatic heterocycles. The summed E-state index contributed by atoms with van der Waals surface area (Å²) in [6.45, 7) is 0.928. The zero-order chi connectivity index (χ0) is 13.9. The van der Waals surface area contributed by atoms with E-state index in [1.165, 1.54) is 39.7 Å². The topological polar surface area (TPSA) is 21.3 Å². The van der Waals surface area contributed by atoms with Crippen LogP contribution in [0.4, 0.5) is 0 Å². The minimum atomic E-state index is 0.440. The van der Waals surface area contributed by atoms with Crippen molar-refractivity contribution in [3.63, 3.8) is 0 Å². The van der Waals surface area contributed by atoms with Crippen LogP contribution in [0.3, 0.4) is 0 Å². The highest BCUT2D eigenvalue weighted by Crippen LogP contribution is 2.33. The third-order valence-corrected chi connectivity index (χ3v) is 5.51. The Hall–Kier alpha value is -0.840. The summed E-state index contributed by atoms with van der Waals surface area (Å²) in [4.78, 5) is 1.37. The van der Waals surface area contributed by atoms with Crippen LogP contribution in [0.5, 0.6) is 5.75 Å². The number of thiophene rings is 1. The second-order valence-electron chi connectivity index (χ2n) is 5.12. The fourth-order valence-corrected chi connectivity index (χ4v) is 4.19. The van der Waals surface area contributed by atoms with Crippen LogP contribution in [0.15, 0.2) is 34.1 Å². The van der Waals surface area contributed by atoms with Crippen LogP contribution in [0.25, 0.3) is 0 Å². The van der Waals surface area contributed by atoms with E-state index < -0.39 is 0 Å². The Balaban J connectivity index is 1.75. The molecule has 1 aromatic carbocycles. The van der Waals surface area contributed by atoms with Gasteiger partial charge >= 0.3 is 0 Å². The van der Waals surface area contributed by atoms with Gasteiger partial charge in [0.1, 0.15) is 5.75 Å². The number of fused-ring (bicyclic) bond motifs is 1. The van der Waals surface area contributed by atoms with Crippen LogP contribution in [0, 0.1) is 0 Å². The molecule has 1 aromatic heterocycles. The zero-order valence-electron chi connectivity index (χ0n) is 11.5. The van der Waals surface area contributed by atoms with E-state index in [2.05, 4.69) is 50.9 Å². The maximum absolute atomic E-state index is 5.36. The normalized spacial score (nSPS) is 17.8. The van der Waals surface area contributed by atoms with Crippen LogP contribution in [0.1, 0.15) is 34.9 Å². The van der Waals surface area contributed by atoms with E-state index in [1.54, 1.807) is 18.4 Å². The summed E-state index contributed by atoms with van der Waals surface area (Å²) in [6.07, 6.45) is 3.64. The van der Waals surface area contributed by atoms with E-state index in [-0.39, 0.29) is 0 Å². The van der Waals surface area contributed by atoms with Crippen LogP contribution in [-0.4, -0.2) is 7.11 Å². The lowest BCUT2D eigenvalue weighted by Crippen LogP contribution is -2.24. The molecule has 3 rings (SSSR count). The summed E-state index contributed by atoms with van der Waals surface area (Å²) >= 11 is 5.30. The van der Waals surface area contributed by atoms with Crippen molar-refractivity contribution in [3.8, 4) is 5.75 Å². The van der Waals surface area contributed by atoms with Crippen LogP contribution < -0.4 is 10.1 Å². The van der Waals surface area contributed by atoms with Crippen molar-refractivity contribution in [3.05, 3.63) is 50.1 Å². The number of halogens is 1. The minimum Gasteiger partial charge on any atom is -0.497 e. The number of ether oxygens (including phenoxy) is 1. The van der Waals surface area contributed by atoms with Gasteiger partial charge in [0, 0.05) is 27.3 Å². The van der Waals surface area contributed by atoms with E-state index in [4.69, 9.17) is 4.74 Å². The zero-order valence-corrected chi connectivity index (χ0v) is 13.9. The molecule has 20 heavy (non-hydrogen) atoms. The molecule has 1 aliphatic rings. The molecule has 2 nitrogen and oxygen atoms in total. The molecule has 4 heteroatoms. The fourth-order valence-electron chi connectivity index (χ4n) is 2.79. The van der Waals surface area contributed by atoms with Crippen LogP contribution in [-0.2, 0) is 13.0 Å². The molecular formula is C16H18BrNOS. The van der Waals surface area contributed by atoms with Gasteiger partial charge in [0.05, 0.1) is 7.11 Å². The molecule has 2 aromatic rings. The fraction of sp³-hybridized carbons (Fsp3) is 0.375. The van der Waals surface area contributed by atoms with Gasteiger partial charge in [0.2, 0.25) is 0 Å². The Kier molecular flexibility index (Phi) is 4.44. The second-order valence-corrected chi connectivity index (χ2v) is 7.03. The number of benzene rings is 1. The first-order chi connectivity index (χ1) is 9.76. The van der Waals surface area contributed by atoms with Gasteiger partial charge in [0.25, 0.3) is 0 Å². The molecule has 1 atom stereocenters. The van der Waals surface area contributed by atoms with Crippen molar-refractivity contribution in [2.45, 2.75) is 31.8 Å². The van der Waals surface area contributed by atoms with Crippen molar-refractivity contribution < 1.29 is 4.74 Å². The first kappa shape index (κ1) is 14.1. The largest absolute Gasteiger partial charge is 0.497 e. The van der Waals surface area contributed by atoms with Gasteiger partial charge in [-0.1, -0.05) is 6.07 Å². The van der Waals surface area contributed by atoms with Gasteiger partial charge in [-0.3, -0.25) is 0 Å². The lowest BCUT2D eigenvalue weighted by Gasteiger charge is -2.27. The molecule has 1 unspecified atom stereocenters. The summed E-state index contributed by atoms with van der Waals surface area (Å²) < 4.78 is 6.53. The minimum absolute atomic E-state index is 0.440. The lowest BCUT2D eigenvalue weighted by molar-refractivity contribution is 0.408. The molecule has 0 amide bonds. The Morgan fingerprint density at radius 3 is 3.05 bits per heavy atom. The molecule has 0 saturated carbocycles. The number of hydrogen-bond acceptors (Lipinski definition) is 3. The standard InChI is InChI=1S/C16H18BrNOS/c1-19-13-6-5-11-3-2-4-16(15(11)8-13)18-9-14-7-12(17)10-20-14/h5-8,10,16,18H,2-4,9H2,1H3. The number of hydrogen-bond donors (Lipinski definition) is 1. The molecule has 1 aliphatic carbocycles. The molecular weight excluding hydrogens is 334 g/mol. The number of methoxy groups -OCH3 is 1. The Morgan fingerprint density at radius 1 is 1.40 bits per heavy atom. The van der Waals surface area contributed by atoms with E-state index in [0.717, 1.165) is 12.3 Å². The number of aryl methyl sites for hydroxylation is 1. The highest BCUT2D eigenvalue weighted by Gasteiger charge is 2.20. The summed E-state index contributed by atoms with van der Waals surface area (Å²) in [5.41, 5.74) is 2.87. The molecule has 106 valence electrons. The monoisotopic (exact) mass is 351 g/mol. The van der Waals surface area contributed by atoms with Gasteiger partial charge in [-0.15, -0.1) is 11.3 Å². The quantitative estimate of drug-likeness (QED) is 0.862. The third kappa shape index (κ3) is 3.08. The molecule has 0 spiro atoms. The predicted octanol–water partition coefficient (Wildman–Crippen LogP) is 4.69. The molecule has 0 saturated heterocycles. The number of rotatable bonds is 4. The van der Waals surface area contributed by atoms with Gasteiger partial charge in [-0.2, -0.15) is 0 Å². The number of nitrogens with one attached hydrogen (secondary N) is 1. The average Bonchev–Trinajstić information content (AvgIpc) is 2.90. The van der Waals surface area contributed by atoms with Crippen molar-refractivity contribution >= 4 is 27.3 Å². The van der Waals surface area contributed by atoms with E-state index >= 15 is 0 Å². The van der Waals surface area contributed by atoms with Gasteiger partial charge in [0.15, 0.2) is 0 Å². The second kappa shape index (κ2) is 6.29. The van der Waals surface area contributed by atoms with Crippen LogP contribution in [0.2, 0.25) is 0 Å². The molecule has 0 radical (unpaired) electrons. The highest BCUT2D eigenvalue weighted by molar-refractivity contribution is 9.10. The van der Waals surface area contributed by atoms with Gasteiger partial charge in [-0.25, -0.2) is 0 Å². The summed E-state index contributed by atoms with van der Waals surface area (Å²) in [7, 11) is 1.73. The molecule has 1 heterocycles. The molecule has 0 fully saturated rings. The predicted molar refractivity (Wildman–Crippen MR) is 87.5 cm³/mol. The maximum atomic E-state index is 5.36. The van der Waals surface area contributed by atoms with Gasteiger partial charge < -0.3 is 10.1 Å². The van der Waals surface area contributed by atoms with E-state index in [0.29, 0.717) is 6.04 Å². The summed E-state index contributed by atoms with van der Waals surface area (Å²) in [5, 5.41) is 5.83. The highest BCUT2D eigenvalue weighted by atomic mass is 79.9. The first-order valence-electron chi connectivity index (χ1n) is 6.89. The van der Waals surface area contributed by atoms with Crippen molar-refractivity contribution in [2.75, 3.05) is 7.11 Å². The van der Waals surface area contributed by atoms with E-state index in [9.17, 15) is 0 Å². The summed E-state index contributed by atoms with van der Waals surface area (Å²) in [5.74, 6) is 0.955. The van der Waals surface area contributed by atoms with Crippen molar-refractivity contribution in [2.24, 2.45) is 0 Å². The van der Waals surface area contributed by atoms with Crippen molar-refractivity contribution in [1.29, 1.82) is 0 Å². The Bertz CT molecular complexity index is 596. The van der Waals surface area contributed by atoms with Gasteiger partial charge in [-0.05, 0) is 64.5 Å². The molecule has 0 bridgehead atoms. The first-order valence-corrected chi connectivity index (χ1v) is 8.56.